The summed E-state index contributed by atoms with van der Waals surface area (Å²) in [6.45, 7) is 5.15. The van der Waals surface area contributed by atoms with E-state index in [-0.39, 0.29) is 24.3 Å². The maximum atomic E-state index is 12.7. The molecule has 0 spiro atoms. The van der Waals surface area contributed by atoms with E-state index >= 15 is 0 Å². The van der Waals surface area contributed by atoms with Crippen LogP contribution in [0.25, 0.3) is 0 Å². The highest BCUT2D eigenvalue weighted by Crippen LogP contribution is 2.29. The predicted octanol–water partition coefficient (Wildman–Crippen LogP) is 3.03. The van der Waals surface area contributed by atoms with E-state index < -0.39 is 0 Å². The molecule has 1 heterocycles. The molecule has 2 aromatic carbocycles. The summed E-state index contributed by atoms with van der Waals surface area (Å²) in [5.74, 6) is 1.53. The van der Waals surface area contributed by atoms with Crippen molar-refractivity contribution < 1.29 is 23.8 Å². The molecular weight excluding hydrogens is 372 g/mol. The number of hydrogen-bond donors (Lipinski definition) is 1. The Kier molecular flexibility index (Phi) is 6.59. The number of amides is 2. The SMILES string of the molecule is CCOc1ccc(C(=O)N[C@@H]2CC(=O)N(c3cccc(OC)c3)C2)cc1OCC. The minimum absolute atomic E-state index is 0.0368. The van der Waals surface area contributed by atoms with E-state index in [0.29, 0.717) is 42.6 Å². The number of rotatable bonds is 8. The summed E-state index contributed by atoms with van der Waals surface area (Å²) in [5, 5.41) is 2.95. The molecule has 2 aromatic rings. The van der Waals surface area contributed by atoms with E-state index in [0.717, 1.165) is 5.69 Å². The predicted molar refractivity (Wildman–Crippen MR) is 110 cm³/mol. The zero-order chi connectivity index (χ0) is 20.8. The summed E-state index contributed by atoms with van der Waals surface area (Å²) >= 11 is 0. The summed E-state index contributed by atoms with van der Waals surface area (Å²) in [6, 6.07) is 12.1. The van der Waals surface area contributed by atoms with Gasteiger partial charge in [0.1, 0.15) is 5.75 Å². The van der Waals surface area contributed by atoms with Crippen molar-refractivity contribution in [1.82, 2.24) is 5.32 Å². The first-order valence-corrected chi connectivity index (χ1v) is 9.70. The van der Waals surface area contributed by atoms with Gasteiger partial charge in [0.2, 0.25) is 5.91 Å². The Hall–Kier alpha value is -3.22. The topological polar surface area (TPSA) is 77.1 Å². The molecule has 0 aromatic heterocycles. The lowest BCUT2D eigenvalue weighted by molar-refractivity contribution is -0.117. The monoisotopic (exact) mass is 398 g/mol. The van der Waals surface area contributed by atoms with Gasteiger partial charge in [-0.3, -0.25) is 9.59 Å². The van der Waals surface area contributed by atoms with Gasteiger partial charge < -0.3 is 24.4 Å². The van der Waals surface area contributed by atoms with Gasteiger partial charge in [-0.2, -0.15) is 0 Å². The molecule has 0 unspecified atom stereocenters. The van der Waals surface area contributed by atoms with Crippen LogP contribution in [0.15, 0.2) is 42.5 Å². The molecule has 7 heteroatoms. The summed E-state index contributed by atoms with van der Waals surface area (Å²) in [7, 11) is 1.58. The Morgan fingerprint density at radius 1 is 1.10 bits per heavy atom. The third-order valence-electron chi connectivity index (χ3n) is 4.63. The molecule has 1 N–H and O–H groups in total. The van der Waals surface area contributed by atoms with Crippen LogP contribution in [0.4, 0.5) is 5.69 Å². The number of hydrogen-bond acceptors (Lipinski definition) is 5. The Bertz CT molecular complexity index is 883. The molecule has 1 atom stereocenters. The Labute approximate surface area is 170 Å². The smallest absolute Gasteiger partial charge is 0.251 e. The molecule has 0 radical (unpaired) electrons. The van der Waals surface area contributed by atoms with Crippen LogP contribution in [0.3, 0.4) is 0 Å². The Morgan fingerprint density at radius 2 is 1.86 bits per heavy atom. The van der Waals surface area contributed by atoms with Gasteiger partial charge in [0.25, 0.3) is 5.91 Å². The molecule has 2 amide bonds. The van der Waals surface area contributed by atoms with Crippen molar-refractivity contribution in [2.24, 2.45) is 0 Å². The number of benzene rings is 2. The molecule has 1 aliphatic rings. The lowest BCUT2D eigenvalue weighted by Gasteiger charge is -2.18. The summed E-state index contributed by atoms with van der Waals surface area (Å²) < 4.78 is 16.3. The molecule has 0 bridgehead atoms. The molecule has 3 rings (SSSR count). The van der Waals surface area contributed by atoms with Gasteiger partial charge in [-0.25, -0.2) is 0 Å². The first kappa shape index (κ1) is 20.5. The van der Waals surface area contributed by atoms with E-state index in [2.05, 4.69) is 5.32 Å². The second-order valence-electron chi connectivity index (χ2n) is 6.61. The van der Waals surface area contributed by atoms with Crippen LogP contribution in [0.1, 0.15) is 30.6 Å². The fraction of sp³-hybridized carbons (Fsp3) is 0.364. The van der Waals surface area contributed by atoms with Crippen LogP contribution < -0.4 is 24.4 Å². The van der Waals surface area contributed by atoms with Crippen molar-refractivity contribution in [2.45, 2.75) is 26.3 Å². The third kappa shape index (κ3) is 4.80. The normalized spacial score (nSPS) is 15.9. The van der Waals surface area contributed by atoms with Crippen LogP contribution in [0, 0.1) is 0 Å². The number of nitrogens with one attached hydrogen (secondary N) is 1. The highest BCUT2D eigenvalue weighted by atomic mass is 16.5. The van der Waals surface area contributed by atoms with Crippen molar-refractivity contribution >= 4 is 17.5 Å². The second-order valence-corrected chi connectivity index (χ2v) is 6.61. The quantitative estimate of drug-likeness (QED) is 0.740. The molecule has 29 heavy (non-hydrogen) atoms. The summed E-state index contributed by atoms with van der Waals surface area (Å²) in [4.78, 5) is 26.8. The average molecular weight is 398 g/mol. The van der Waals surface area contributed by atoms with Crippen molar-refractivity contribution in [3.63, 3.8) is 0 Å². The zero-order valence-electron chi connectivity index (χ0n) is 16.9. The number of methoxy groups -OCH3 is 1. The molecule has 1 saturated heterocycles. The molecule has 7 nitrogen and oxygen atoms in total. The number of ether oxygens (including phenoxy) is 3. The van der Waals surface area contributed by atoms with Crippen molar-refractivity contribution in [3.8, 4) is 17.2 Å². The van der Waals surface area contributed by atoms with Crippen molar-refractivity contribution in [1.29, 1.82) is 0 Å². The van der Waals surface area contributed by atoms with Gasteiger partial charge in [-0.05, 0) is 44.2 Å². The lowest BCUT2D eigenvalue weighted by atomic mass is 10.1. The first-order chi connectivity index (χ1) is 14.0. The van der Waals surface area contributed by atoms with Gasteiger partial charge in [0.05, 0.1) is 26.4 Å². The van der Waals surface area contributed by atoms with E-state index in [1.165, 1.54) is 0 Å². The molecule has 0 aliphatic carbocycles. The van der Waals surface area contributed by atoms with Gasteiger partial charge in [0, 0.05) is 30.3 Å². The van der Waals surface area contributed by atoms with Crippen LogP contribution >= 0.6 is 0 Å². The molecule has 154 valence electrons. The van der Waals surface area contributed by atoms with Crippen LogP contribution in [0.5, 0.6) is 17.2 Å². The van der Waals surface area contributed by atoms with Gasteiger partial charge >= 0.3 is 0 Å². The fourth-order valence-electron chi connectivity index (χ4n) is 3.29. The fourth-order valence-corrected chi connectivity index (χ4v) is 3.29. The number of anilines is 1. The third-order valence-corrected chi connectivity index (χ3v) is 4.63. The van der Waals surface area contributed by atoms with E-state index in [1.54, 1.807) is 30.2 Å². The standard InChI is InChI=1S/C22H26N2O5/c1-4-28-19-10-9-15(11-20(19)29-5-2)22(26)23-16-12-21(25)24(14-16)17-7-6-8-18(13-17)27-3/h6-11,13,16H,4-5,12,14H2,1-3H3,(H,23,26)/t16-/m1/s1. The zero-order valence-corrected chi connectivity index (χ0v) is 16.9. The number of carbonyl (C=O) groups excluding carboxylic acids is 2. The number of carbonyl (C=O) groups is 2. The van der Waals surface area contributed by atoms with Crippen LogP contribution in [0.2, 0.25) is 0 Å². The second kappa shape index (κ2) is 9.32. The first-order valence-electron chi connectivity index (χ1n) is 9.70. The van der Waals surface area contributed by atoms with Crippen LogP contribution in [-0.4, -0.2) is 44.7 Å². The number of nitrogens with zero attached hydrogens (tertiary/aromatic N) is 1. The molecule has 1 aliphatic heterocycles. The minimum atomic E-state index is -0.275. The highest BCUT2D eigenvalue weighted by Gasteiger charge is 2.32. The summed E-state index contributed by atoms with van der Waals surface area (Å²) in [6.07, 6.45) is 0.248. The van der Waals surface area contributed by atoms with Crippen LogP contribution in [-0.2, 0) is 4.79 Å². The molecular formula is C22H26N2O5. The summed E-state index contributed by atoms with van der Waals surface area (Å²) in [5.41, 5.74) is 1.22. The van der Waals surface area contributed by atoms with Gasteiger partial charge in [-0.1, -0.05) is 6.07 Å². The average Bonchev–Trinajstić information content (AvgIpc) is 3.09. The van der Waals surface area contributed by atoms with Gasteiger partial charge in [-0.15, -0.1) is 0 Å². The Balaban J connectivity index is 1.69. The van der Waals surface area contributed by atoms with Gasteiger partial charge in [0.15, 0.2) is 11.5 Å². The largest absolute Gasteiger partial charge is 0.497 e. The van der Waals surface area contributed by atoms with E-state index in [9.17, 15) is 9.59 Å². The lowest BCUT2D eigenvalue weighted by Crippen LogP contribution is -2.37. The maximum absolute atomic E-state index is 12.7. The van der Waals surface area contributed by atoms with E-state index in [4.69, 9.17) is 14.2 Å². The maximum Gasteiger partial charge on any atom is 0.251 e. The van der Waals surface area contributed by atoms with Crippen molar-refractivity contribution in [2.75, 3.05) is 31.8 Å². The minimum Gasteiger partial charge on any atom is -0.497 e. The van der Waals surface area contributed by atoms with E-state index in [1.807, 2.05) is 38.1 Å². The van der Waals surface area contributed by atoms with Crippen molar-refractivity contribution in [3.05, 3.63) is 48.0 Å². The Morgan fingerprint density at radius 3 is 2.59 bits per heavy atom. The molecule has 0 saturated carbocycles. The highest BCUT2D eigenvalue weighted by molar-refractivity contribution is 5.99. The molecule has 1 fully saturated rings.